The van der Waals surface area contributed by atoms with E-state index in [4.69, 9.17) is 4.99 Å². The van der Waals surface area contributed by atoms with Gasteiger partial charge in [0.05, 0.1) is 11.0 Å². The van der Waals surface area contributed by atoms with E-state index in [-0.39, 0.29) is 0 Å². The van der Waals surface area contributed by atoms with Gasteiger partial charge in [0, 0.05) is 0 Å². The normalized spacial score (nSPS) is 20.7. The first-order chi connectivity index (χ1) is 8.42. The summed E-state index contributed by atoms with van der Waals surface area (Å²) in [6, 6.07) is 10.3. The third-order valence-electron chi connectivity index (χ3n) is 4.39. The van der Waals surface area contributed by atoms with Gasteiger partial charge in [-0.2, -0.15) is 0 Å². The Morgan fingerprint density at radius 3 is 1.83 bits per heavy atom. The minimum atomic E-state index is 0.318. The first-order valence-corrected chi connectivity index (χ1v) is 6.82. The first-order valence-electron chi connectivity index (χ1n) is 6.82. The van der Waals surface area contributed by atoms with Gasteiger partial charge < -0.3 is 0 Å². The van der Waals surface area contributed by atoms with Crippen LogP contribution in [0.4, 0.5) is 5.69 Å². The van der Waals surface area contributed by atoms with Crippen LogP contribution >= 0.6 is 0 Å². The monoisotopic (exact) mass is 239 g/mol. The number of nitrogens with zero attached hydrogens (tertiary/aromatic N) is 1. The number of para-hydroxylation sites is 1. The van der Waals surface area contributed by atoms with Crippen LogP contribution in [-0.4, -0.2) is 0 Å². The van der Waals surface area contributed by atoms with Crippen LogP contribution in [0.3, 0.4) is 0 Å². The first kappa shape index (κ1) is 11.7. The van der Waals surface area contributed by atoms with E-state index >= 15 is 0 Å². The molecule has 1 aliphatic rings. The molecule has 2 aromatic rings. The lowest BCUT2D eigenvalue weighted by Crippen LogP contribution is -2.26. The molecule has 0 bridgehead atoms. The molecule has 0 fully saturated rings. The van der Waals surface area contributed by atoms with E-state index in [2.05, 4.69) is 52.0 Å². The average molecular weight is 239 g/mol. The van der Waals surface area contributed by atoms with Gasteiger partial charge in [0.2, 0.25) is 0 Å². The van der Waals surface area contributed by atoms with Crippen LogP contribution in [0, 0.1) is 0 Å². The van der Waals surface area contributed by atoms with Crippen molar-refractivity contribution in [2.75, 3.05) is 0 Å². The maximum Gasteiger partial charge on any atom is 0.0719 e. The molecule has 0 spiro atoms. The Hall–Kier alpha value is -1.37. The van der Waals surface area contributed by atoms with Gasteiger partial charge in [-0.25, -0.2) is 4.99 Å². The molecule has 18 heavy (non-hydrogen) atoms. The molecule has 2 aromatic carbocycles. The summed E-state index contributed by atoms with van der Waals surface area (Å²) >= 11 is 0. The molecule has 0 saturated carbocycles. The Morgan fingerprint density at radius 1 is 0.833 bits per heavy atom. The van der Waals surface area contributed by atoms with Crippen molar-refractivity contribution in [3.8, 4) is 0 Å². The topological polar surface area (TPSA) is 12.4 Å². The van der Waals surface area contributed by atoms with Crippen LogP contribution in [0.5, 0.6) is 0 Å². The maximum atomic E-state index is 4.85. The Kier molecular flexibility index (Phi) is 2.32. The summed E-state index contributed by atoms with van der Waals surface area (Å²) in [5, 5.41) is 1.29. The predicted molar refractivity (Wildman–Crippen MR) is 75.8 cm³/mol. The van der Waals surface area contributed by atoms with Crippen molar-refractivity contribution in [3.05, 3.63) is 46.8 Å². The van der Waals surface area contributed by atoms with Crippen LogP contribution in [0.1, 0.15) is 51.7 Å². The molecule has 0 N–H and O–H groups in total. The predicted octanol–water partition coefficient (Wildman–Crippen LogP) is 4.14. The molecule has 3 rings (SSSR count). The summed E-state index contributed by atoms with van der Waals surface area (Å²) in [5.41, 5.74) is 4.77. The van der Waals surface area contributed by atoms with Crippen molar-refractivity contribution in [2.24, 2.45) is 4.99 Å². The zero-order valence-electron chi connectivity index (χ0n) is 11.7. The smallest absolute Gasteiger partial charge is 0.0719 e. The van der Waals surface area contributed by atoms with Crippen molar-refractivity contribution in [1.82, 2.24) is 0 Å². The highest BCUT2D eigenvalue weighted by molar-refractivity contribution is 5.53. The molecular weight excluding hydrogens is 218 g/mol. The van der Waals surface area contributed by atoms with E-state index in [1.165, 1.54) is 29.3 Å². The standard InChI is InChI=1S/C17H21N/c1-16(2)10-11-17(3,4)14-13(16)15(14)18-12-8-6-5-7-9-12/h5-9H,10-11H2,1-4H3. The van der Waals surface area contributed by atoms with Gasteiger partial charge in [0.25, 0.3) is 0 Å². The largest absolute Gasteiger partial charge is 0.248 e. The molecule has 1 nitrogen and oxygen atoms in total. The summed E-state index contributed by atoms with van der Waals surface area (Å²) in [7, 11) is 0. The van der Waals surface area contributed by atoms with Crippen LogP contribution < -0.4 is 5.36 Å². The van der Waals surface area contributed by atoms with Gasteiger partial charge in [-0.05, 0) is 46.9 Å². The van der Waals surface area contributed by atoms with Gasteiger partial charge in [0.1, 0.15) is 0 Å². The van der Waals surface area contributed by atoms with Crippen LogP contribution in [-0.2, 0) is 10.8 Å². The van der Waals surface area contributed by atoms with Gasteiger partial charge in [-0.1, -0.05) is 45.9 Å². The Bertz CT molecular complexity index is 561. The van der Waals surface area contributed by atoms with Crippen molar-refractivity contribution in [3.63, 3.8) is 0 Å². The summed E-state index contributed by atoms with van der Waals surface area (Å²) in [5.74, 6) is 0. The molecule has 0 radical (unpaired) electrons. The minimum absolute atomic E-state index is 0.318. The number of fused-ring (bicyclic) bond motifs is 1. The van der Waals surface area contributed by atoms with Gasteiger partial charge >= 0.3 is 0 Å². The third kappa shape index (κ3) is 1.73. The zero-order chi connectivity index (χ0) is 13.0. The summed E-state index contributed by atoms with van der Waals surface area (Å²) in [6.07, 6.45) is 2.54. The molecule has 94 valence electrons. The fourth-order valence-corrected chi connectivity index (χ4v) is 3.11. The SMILES string of the molecule is CC1(C)CCC(C)(C)c2c1c2=Nc1ccccc1. The van der Waals surface area contributed by atoms with Crippen molar-refractivity contribution in [1.29, 1.82) is 0 Å². The quantitative estimate of drug-likeness (QED) is 0.709. The fourth-order valence-electron chi connectivity index (χ4n) is 3.11. The molecule has 0 saturated heterocycles. The molecule has 1 heteroatoms. The number of rotatable bonds is 1. The number of hydrogen-bond donors (Lipinski definition) is 0. The lowest BCUT2D eigenvalue weighted by molar-refractivity contribution is 0.352. The van der Waals surface area contributed by atoms with Crippen molar-refractivity contribution >= 4 is 5.69 Å². The second-order valence-corrected chi connectivity index (χ2v) is 6.81. The molecule has 0 aromatic heterocycles. The van der Waals surface area contributed by atoms with E-state index in [0.717, 1.165) is 5.69 Å². The third-order valence-corrected chi connectivity index (χ3v) is 4.39. The number of benzene rings is 1. The highest BCUT2D eigenvalue weighted by Crippen LogP contribution is 2.47. The van der Waals surface area contributed by atoms with E-state index in [1.54, 1.807) is 0 Å². The van der Waals surface area contributed by atoms with Crippen LogP contribution in [0.2, 0.25) is 0 Å². The molecule has 0 aliphatic heterocycles. The van der Waals surface area contributed by atoms with Gasteiger partial charge in [0.15, 0.2) is 0 Å². The highest BCUT2D eigenvalue weighted by atomic mass is 14.8. The van der Waals surface area contributed by atoms with E-state index in [9.17, 15) is 0 Å². The Balaban J connectivity index is 2.09. The molecule has 0 atom stereocenters. The summed E-state index contributed by atoms with van der Waals surface area (Å²) in [6.45, 7) is 9.41. The summed E-state index contributed by atoms with van der Waals surface area (Å²) in [4.78, 5) is 4.85. The lowest BCUT2D eigenvalue weighted by atomic mass is 9.71. The molecule has 0 unspecified atom stereocenters. The van der Waals surface area contributed by atoms with Crippen molar-refractivity contribution < 1.29 is 0 Å². The van der Waals surface area contributed by atoms with Gasteiger partial charge in [-0.15, -0.1) is 0 Å². The molecule has 0 heterocycles. The molecule has 1 aliphatic carbocycles. The van der Waals surface area contributed by atoms with E-state index in [0.29, 0.717) is 10.8 Å². The second kappa shape index (κ2) is 3.57. The van der Waals surface area contributed by atoms with Crippen LogP contribution in [0.25, 0.3) is 0 Å². The highest BCUT2D eigenvalue weighted by Gasteiger charge is 2.45. The molecular formula is C17H21N. The zero-order valence-corrected chi connectivity index (χ0v) is 11.7. The van der Waals surface area contributed by atoms with E-state index in [1.807, 2.05) is 6.07 Å². The Labute approximate surface area is 109 Å². The van der Waals surface area contributed by atoms with Gasteiger partial charge in [-0.3, -0.25) is 0 Å². The average Bonchev–Trinajstić information content (AvgIpc) is 3.03. The summed E-state index contributed by atoms with van der Waals surface area (Å²) < 4.78 is 0. The second-order valence-electron chi connectivity index (χ2n) is 6.81. The lowest BCUT2D eigenvalue weighted by Gasteiger charge is -2.33. The van der Waals surface area contributed by atoms with Crippen molar-refractivity contribution in [2.45, 2.75) is 51.4 Å². The maximum absolute atomic E-state index is 4.85. The number of hydrogen-bond acceptors (Lipinski definition) is 1. The van der Waals surface area contributed by atoms with E-state index < -0.39 is 0 Å². The Morgan fingerprint density at radius 2 is 1.33 bits per heavy atom. The minimum Gasteiger partial charge on any atom is -0.248 e. The fraction of sp³-hybridized carbons (Fsp3) is 0.471. The van der Waals surface area contributed by atoms with Crippen LogP contribution in [0.15, 0.2) is 35.3 Å². The molecule has 0 amide bonds.